The second kappa shape index (κ2) is 7.91. The number of fused-ring (bicyclic) bond motifs is 2. The van der Waals surface area contributed by atoms with Gasteiger partial charge >= 0.3 is 0 Å². The molecular formula is C23H20FN3OS2. The van der Waals surface area contributed by atoms with Crippen LogP contribution < -0.4 is 5.32 Å². The zero-order valence-electron chi connectivity index (χ0n) is 16.4. The number of aromatic nitrogens is 1. The molecule has 1 N–H and O–H groups in total. The van der Waals surface area contributed by atoms with Gasteiger partial charge in [-0.15, -0.1) is 22.7 Å². The van der Waals surface area contributed by atoms with Gasteiger partial charge in [-0.2, -0.15) is 0 Å². The van der Waals surface area contributed by atoms with Crippen molar-refractivity contribution >= 4 is 43.8 Å². The summed E-state index contributed by atoms with van der Waals surface area (Å²) in [4.78, 5) is 20.3. The zero-order valence-corrected chi connectivity index (χ0v) is 18.1. The Morgan fingerprint density at radius 1 is 1.17 bits per heavy atom. The number of rotatable bonds is 4. The highest BCUT2D eigenvalue weighted by Crippen LogP contribution is 2.45. The van der Waals surface area contributed by atoms with Gasteiger partial charge in [0.2, 0.25) is 5.91 Å². The molecule has 30 heavy (non-hydrogen) atoms. The average Bonchev–Trinajstić information content (AvgIpc) is 3.29. The van der Waals surface area contributed by atoms with E-state index in [0.29, 0.717) is 0 Å². The van der Waals surface area contributed by atoms with Crippen molar-refractivity contribution < 1.29 is 9.18 Å². The molecule has 0 bridgehead atoms. The van der Waals surface area contributed by atoms with Gasteiger partial charge in [0, 0.05) is 37.0 Å². The Morgan fingerprint density at radius 2 is 1.97 bits per heavy atom. The summed E-state index contributed by atoms with van der Waals surface area (Å²) < 4.78 is 14.3. The fourth-order valence-electron chi connectivity index (χ4n) is 3.89. The number of amides is 1. The van der Waals surface area contributed by atoms with Crippen LogP contribution in [-0.2, 0) is 24.3 Å². The maximum absolute atomic E-state index is 13.2. The molecule has 5 rings (SSSR count). The first-order chi connectivity index (χ1) is 14.6. The number of anilines is 1. The molecule has 2 aromatic heterocycles. The molecule has 1 aliphatic heterocycles. The monoisotopic (exact) mass is 437 g/mol. The van der Waals surface area contributed by atoms with E-state index >= 15 is 0 Å². The minimum Gasteiger partial charge on any atom is -0.317 e. The van der Waals surface area contributed by atoms with Crippen LogP contribution in [0.15, 0.2) is 48.5 Å². The van der Waals surface area contributed by atoms with Gasteiger partial charge in [-0.1, -0.05) is 24.3 Å². The Kier molecular flexibility index (Phi) is 5.10. The summed E-state index contributed by atoms with van der Waals surface area (Å²) in [5.74, 6) is -0.280. The van der Waals surface area contributed by atoms with Crippen LogP contribution >= 0.6 is 22.7 Å². The fraction of sp³-hybridized carbons (Fsp3) is 0.217. The number of nitrogens with one attached hydrogen (secondary N) is 1. The smallest absolute Gasteiger partial charge is 0.221 e. The molecule has 0 saturated heterocycles. The highest BCUT2D eigenvalue weighted by Gasteiger charge is 2.27. The molecule has 0 spiro atoms. The van der Waals surface area contributed by atoms with Crippen LogP contribution in [0.3, 0.4) is 0 Å². The molecule has 0 fully saturated rings. The van der Waals surface area contributed by atoms with E-state index in [-0.39, 0.29) is 11.7 Å². The van der Waals surface area contributed by atoms with E-state index in [2.05, 4.69) is 16.3 Å². The number of halogens is 1. The van der Waals surface area contributed by atoms with E-state index in [9.17, 15) is 9.18 Å². The fourth-order valence-corrected chi connectivity index (χ4v) is 6.34. The summed E-state index contributed by atoms with van der Waals surface area (Å²) >= 11 is 3.31. The molecule has 152 valence electrons. The van der Waals surface area contributed by atoms with Crippen molar-refractivity contribution in [1.82, 2.24) is 9.88 Å². The highest BCUT2D eigenvalue weighted by atomic mass is 32.1. The molecule has 0 radical (unpaired) electrons. The molecular weight excluding hydrogens is 417 g/mol. The molecule has 7 heteroatoms. The maximum Gasteiger partial charge on any atom is 0.221 e. The molecule has 0 aliphatic carbocycles. The van der Waals surface area contributed by atoms with Crippen molar-refractivity contribution in [3.8, 4) is 10.6 Å². The summed E-state index contributed by atoms with van der Waals surface area (Å²) in [5, 5.41) is 4.88. The van der Waals surface area contributed by atoms with Crippen LogP contribution in [0, 0.1) is 5.82 Å². The van der Waals surface area contributed by atoms with Crippen LogP contribution in [0.4, 0.5) is 9.39 Å². The van der Waals surface area contributed by atoms with E-state index < -0.39 is 0 Å². The Labute approximate surface area is 182 Å². The quantitative estimate of drug-likeness (QED) is 0.447. The van der Waals surface area contributed by atoms with Crippen LogP contribution in [0.25, 0.3) is 20.8 Å². The number of thiophene rings is 1. The SMILES string of the molecule is CC(=O)Nc1sc2c(c1-c1nc3ccccc3s1)CCN(Cc1ccc(F)cc1)C2. The third kappa shape index (κ3) is 3.76. The number of hydrogen-bond acceptors (Lipinski definition) is 5. The molecule has 4 nitrogen and oxygen atoms in total. The van der Waals surface area contributed by atoms with Crippen molar-refractivity contribution in [2.24, 2.45) is 0 Å². The second-order valence-corrected chi connectivity index (χ2v) is 9.60. The van der Waals surface area contributed by atoms with Gasteiger partial charge in [0.25, 0.3) is 0 Å². The standard InChI is InChI=1S/C23H20FN3OS2/c1-14(28)25-22-21(23-26-18-4-2-3-5-19(18)29-23)17-10-11-27(13-20(17)30-22)12-15-6-8-16(24)9-7-15/h2-9H,10-13H2,1H3,(H,25,28). The van der Waals surface area contributed by atoms with Gasteiger partial charge in [-0.05, 0) is 41.8 Å². The average molecular weight is 438 g/mol. The molecule has 1 amide bonds. The topological polar surface area (TPSA) is 45.2 Å². The summed E-state index contributed by atoms with van der Waals surface area (Å²) in [6, 6.07) is 14.8. The zero-order chi connectivity index (χ0) is 20.7. The summed E-state index contributed by atoms with van der Waals surface area (Å²) in [6.07, 6.45) is 0.901. The minimum atomic E-state index is -0.210. The number of nitrogens with zero attached hydrogens (tertiary/aromatic N) is 2. The number of hydrogen-bond donors (Lipinski definition) is 1. The molecule has 3 heterocycles. The molecule has 0 saturated carbocycles. The molecule has 0 unspecified atom stereocenters. The molecule has 2 aromatic carbocycles. The number of thiazole rings is 1. The number of benzene rings is 2. The first-order valence-corrected chi connectivity index (χ1v) is 11.4. The van der Waals surface area contributed by atoms with E-state index in [1.54, 1.807) is 29.6 Å². The third-order valence-corrected chi connectivity index (χ3v) is 7.44. The van der Waals surface area contributed by atoms with Gasteiger partial charge in [0.05, 0.1) is 10.2 Å². The van der Waals surface area contributed by atoms with Crippen molar-refractivity contribution in [3.63, 3.8) is 0 Å². The van der Waals surface area contributed by atoms with Crippen molar-refractivity contribution in [2.45, 2.75) is 26.4 Å². The van der Waals surface area contributed by atoms with E-state index in [1.807, 2.05) is 30.3 Å². The lowest BCUT2D eigenvalue weighted by atomic mass is 10.0. The van der Waals surface area contributed by atoms with Crippen LogP contribution in [0.2, 0.25) is 0 Å². The van der Waals surface area contributed by atoms with Crippen LogP contribution in [-0.4, -0.2) is 22.3 Å². The maximum atomic E-state index is 13.2. The number of para-hydroxylation sites is 1. The van der Waals surface area contributed by atoms with Gasteiger partial charge in [-0.3, -0.25) is 9.69 Å². The normalized spacial score (nSPS) is 14.1. The molecule has 4 aromatic rings. The lowest BCUT2D eigenvalue weighted by Gasteiger charge is -2.27. The Bertz CT molecular complexity index is 1200. The van der Waals surface area contributed by atoms with Crippen molar-refractivity contribution in [3.05, 3.63) is 70.4 Å². The predicted molar refractivity (Wildman–Crippen MR) is 121 cm³/mol. The molecule has 0 atom stereocenters. The lowest BCUT2D eigenvalue weighted by molar-refractivity contribution is -0.114. The minimum absolute atomic E-state index is 0.0703. The highest BCUT2D eigenvalue weighted by molar-refractivity contribution is 7.22. The summed E-state index contributed by atoms with van der Waals surface area (Å²) in [5.41, 5.74) is 4.45. The number of carbonyl (C=O) groups excluding carboxylic acids is 1. The second-order valence-electron chi connectivity index (χ2n) is 7.46. The van der Waals surface area contributed by atoms with Crippen molar-refractivity contribution in [2.75, 3.05) is 11.9 Å². The van der Waals surface area contributed by atoms with E-state index in [4.69, 9.17) is 4.98 Å². The van der Waals surface area contributed by atoms with Gasteiger partial charge in [-0.25, -0.2) is 9.37 Å². The van der Waals surface area contributed by atoms with E-state index in [1.165, 1.54) is 22.6 Å². The van der Waals surface area contributed by atoms with Crippen molar-refractivity contribution in [1.29, 1.82) is 0 Å². The van der Waals surface area contributed by atoms with E-state index in [0.717, 1.165) is 57.4 Å². The lowest BCUT2D eigenvalue weighted by Crippen LogP contribution is -2.29. The van der Waals surface area contributed by atoms with Gasteiger partial charge < -0.3 is 5.32 Å². The Morgan fingerprint density at radius 3 is 2.73 bits per heavy atom. The van der Waals surface area contributed by atoms with Crippen LogP contribution in [0.5, 0.6) is 0 Å². The van der Waals surface area contributed by atoms with Gasteiger partial charge in [0.15, 0.2) is 0 Å². The van der Waals surface area contributed by atoms with Gasteiger partial charge in [0.1, 0.15) is 15.8 Å². The first kappa shape index (κ1) is 19.4. The number of carbonyl (C=O) groups is 1. The summed E-state index contributed by atoms with van der Waals surface area (Å²) in [7, 11) is 0. The molecule has 1 aliphatic rings. The summed E-state index contributed by atoms with van der Waals surface area (Å²) in [6.45, 7) is 4.05. The third-order valence-electron chi connectivity index (χ3n) is 5.25. The largest absolute Gasteiger partial charge is 0.317 e. The predicted octanol–water partition coefficient (Wildman–Crippen LogP) is 5.68. The Hall–Kier alpha value is -2.61. The first-order valence-electron chi connectivity index (χ1n) is 9.81. The Balaban J connectivity index is 1.49. The van der Waals surface area contributed by atoms with Crippen LogP contribution in [0.1, 0.15) is 22.9 Å².